The van der Waals surface area contributed by atoms with Crippen LogP contribution in [0.1, 0.15) is 27.7 Å². The monoisotopic (exact) mass is 498 g/mol. The maximum Gasteiger partial charge on any atom is 0.258 e. The molecule has 0 fully saturated rings. The Morgan fingerprint density at radius 3 is 1.94 bits per heavy atom. The van der Waals surface area contributed by atoms with E-state index in [1.165, 1.54) is 0 Å². The van der Waals surface area contributed by atoms with Crippen LogP contribution in [0.15, 0.2) is 115 Å². The van der Waals surface area contributed by atoms with Crippen LogP contribution in [0.2, 0.25) is 0 Å². The van der Waals surface area contributed by atoms with Gasteiger partial charge in [-0.3, -0.25) is 9.59 Å². The molecule has 6 heteroatoms. The number of carbonyl (C=O) groups excluding carboxylic acids is 2. The summed E-state index contributed by atoms with van der Waals surface area (Å²) in [4.78, 5) is 27.5. The number of halogens is 1. The summed E-state index contributed by atoms with van der Waals surface area (Å²) in [5, 5.41) is 2.12. The fourth-order valence-corrected chi connectivity index (χ4v) is 3.94. The molecule has 2 amide bonds. The molecule has 0 aliphatic heterocycles. The van der Waals surface area contributed by atoms with E-state index in [4.69, 9.17) is 16.3 Å². The van der Waals surface area contributed by atoms with Gasteiger partial charge in [0.2, 0.25) is 5.91 Å². The van der Waals surface area contributed by atoms with Crippen LogP contribution in [-0.2, 0) is 4.79 Å². The third-order valence-electron chi connectivity index (χ3n) is 5.57. The number of nitrogens with one attached hydrogen (secondary N) is 1. The highest BCUT2D eigenvalue weighted by atomic mass is 35.5. The number of hydrogen-bond donors (Lipinski definition) is 1. The number of benzene rings is 4. The third kappa shape index (κ3) is 6.74. The molecule has 4 aromatic rings. The van der Waals surface area contributed by atoms with Crippen LogP contribution in [-0.4, -0.2) is 24.9 Å². The minimum atomic E-state index is -0.759. The molecule has 0 heterocycles. The van der Waals surface area contributed by atoms with E-state index in [-0.39, 0.29) is 11.8 Å². The van der Waals surface area contributed by atoms with Crippen molar-refractivity contribution in [3.05, 3.63) is 126 Å². The summed E-state index contributed by atoms with van der Waals surface area (Å²) >= 11 is 6.31. The lowest BCUT2D eigenvalue weighted by atomic mass is 10.1. The Balaban J connectivity index is 1.41. The van der Waals surface area contributed by atoms with Crippen LogP contribution in [0.3, 0.4) is 0 Å². The molecule has 4 aromatic carbocycles. The molecule has 0 aliphatic rings. The molecule has 1 atom stereocenters. The number of rotatable bonds is 10. The lowest BCUT2D eigenvalue weighted by Gasteiger charge is -2.23. The molecule has 1 unspecified atom stereocenters. The zero-order valence-electron chi connectivity index (χ0n) is 19.7. The Hall–Kier alpha value is -4.09. The van der Waals surface area contributed by atoms with Crippen LogP contribution in [0.25, 0.3) is 0 Å². The van der Waals surface area contributed by atoms with Gasteiger partial charge in [-0.05, 0) is 60.5 Å². The summed E-state index contributed by atoms with van der Waals surface area (Å²) in [6.07, 6.45) is 0.560. The van der Waals surface area contributed by atoms with Gasteiger partial charge in [0, 0.05) is 24.3 Å². The van der Waals surface area contributed by atoms with Gasteiger partial charge >= 0.3 is 0 Å². The van der Waals surface area contributed by atoms with Gasteiger partial charge in [-0.2, -0.15) is 0 Å². The van der Waals surface area contributed by atoms with E-state index >= 15 is 0 Å². The van der Waals surface area contributed by atoms with E-state index in [2.05, 4.69) is 5.32 Å². The van der Waals surface area contributed by atoms with Gasteiger partial charge in [-0.15, -0.1) is 11.6 Å². The predicted molar refractivity (Wildman–Crippen MR) is 144 cm³/mol. The SMILES string of the molecule is O=C(NCCCN(C(=O)c1ccccc1)c1ccc(Oc2ccccc2)cc1)C(Cl)c1ccccc1. The number of carbonyl (C=O) groups is 2. The fraction of sp³-hybridized carbons (Fsp3) is 0.133. The van der Waals surface area contributed by atoms with Crippen molar-refractivity contribution in [2.75, 3.05) is 18.0 Å². The molecule has 4 rings (SSSR count). The Morgan fingerprint density at radius 2 is 1.31 bits per heavy atom. The highest BCUT2D eigenvalue weighted by Crippen LogP contribution is 2.26. The summed E-state index contributed by atoms with van der Waals surface area (Å²) in [6.45, 7) is 0.813. The molecule has 0 spiro atoms. The van der Waals surface area contributed by atoms with Crippen molar-refractivity contribution in [1.82, 2.24) is 5.32 Å². The van der Waals surface area contributed by atoms with Crippen LogP contribution >= 0.6 is 11.6 Å². The second-order valence-electron chi connectivity index (χ2n) is 8.15. The van der Waals surface area contributed by atoms with Gasteiger partial charge in [0.1, 0.15) is 16.9 Å². The zero-order valence-corrected chi connectivity index (χ0v) is 20.5. The number of nitrogens with zero attached hydrogens (tertiary/aromatic N) is 1. The summed E-state index contributed by atoms with van der Waals surface area (Å²) in [6, 6.07) is 35.3. The molecule has 0 radical (unpaired) electrons. The molecule has 0 saturated heterocycles. The van der Waals surface area contributed by atoms with E-state index in [0.717, 1.165) is 17.0 Å². The highest BCUT2D eigenvalue weighted by molar-refractivity contribution is 6.30. The average Bonchev–Trinajstić information content (AvgIpc) is 2.94. The van der Waals surface area contributed by atoms with Gasteiger partial charge in [0.05, 0.1) is 0 Å². The standard InChI is InChI=1S/C30H27ClN2O3/c31-28(23-11-4-1-5-12-23)29(34)32-21-10-22-33(30(35)24-13-6-2-7-14-24)25-17-19-27(20-18-25)36-26-15-8-3-9-16-26/h1-9,11-20,28H,10,21-22H2,(H,32,34). The highest BCUT2D eigenvalue weighted by Gasteiger charge is 2.19. The smallest absolute Gasteiger partial charge is 0.258 e. The van der Waals surface area contributed by atoms with Crippen LogP contribution in [0.4, 0.5) is 5.69 Å². The molecular weight excluding hydrogens is 472 g/mol. The number of hydrogen-bond acceptors (Lipinski definition) is 3. The average molecular weight is 499 g/mol. The van der Waals surface area contributed by atoms with Gasteiger partial charge < -0.3 is 15.0 Å². The maximum absolute atomic E-state index is 13.3. The molecule has 5 nitrogen and oxygen atoms in total. The lowest BCUT2D eigenvalue weighted by Crippen LogP contribution is -2.35. The fourth-order valence-electron chi connectivity index (χ4n) is 3.71. The second kappa shape index (κ2) is 12.6. The zero-order chi connectivity index (χ0) is 25.2. The number of para-hydroxylation sites is 1. The summed E-state index contributed by atoms with van der Waals surface area (Å²) < 4.78 is 5.88. The van der Waals surface area contributed by atoms with E-state index in [1.54, 1.807) is 17.0 Å². The molecule has 182 valence electrons. The van der Waals surface area contributed by atoms with E-state index in [9.17, 15) is 9.59 Å². The molecule has 0 aromatic heterocycles. The molecule has 0 saturated carbocycles. The second-order valence-corrected chi connectivity index (χ2v) is 8.59. The summed E-state index contributed by atoms with van der Waals surface area (Å²) in [5.74, 6) is 1.05. The first-order chi connectivity index (χ1) is 17.6. The number of amides is 2. The number of ether oxygens (including phenoxy) is 1. The van der Waals surface area contributed by atoms with Crippen LogP contribution < -0.4 is 15.0 Å². The van der Waals surface area contributed by atoms with Gasteiger partial charge in [0.15, 0.2) is 0 Å². The molecule has 1 N–H and O–H groups in total. The minimum absolute atomic E-state index is 0.113. The summed E-state index contributed by atoms with van der Waals surface area (Å²) in [7, 11) is 0. The van der Waals surface area contributed by atoms with Crippen molar-refractivity contribution in [3.63, 3.8) is 0 Å². The Kier molecular flexibility index (Phi) is 8.73. The minimum Gasteiger partial charge on any atom is -0.457 e. The quantitative estimate of drug-likeness (QED) is 0.197. The van der Waals surface area contributed by atoms with Crippen LogP contribution in [0, 0.1) is 0 Å². The first-order valence-electron chi connectivity index (χ1n) is 11.8. The molecular formula is C30H27ClN2O3. The lowest BCUT2D eigenvalue weighted by molar-refractivity contribution is -0.120. The van der Waals surface area contributed by atoms with Crippen LogP contribution in [0.5, 0.6) is 11.5 Å². The Labute approximate surface area is 216 Å². The van der Waals surface area contributed by atoms with Gasteiger partial charge in [-0.1, -0.05) is 66.7 Å². The number of alkyl halides is 1. The third-order valence-corrected chi connectivity index (χ3v) is 6.02. The Morgan fingerprint density at radius 1 is 0.750 bits per heavy atom. The normalized spacial score (nSPS) is 11.4. The van der Waals surface area contributed by atoms with Gasteiger partial charge in [-0.25, -0.2) is 0 Å². The van der Waals surface area contributed by atoms with Crippen molar-refractivity contribution >= 4 is 29.1 Å². The molecule has 0 aliphatic carbocycles. The molecule has 36 heavy (non-hydrogen) atoms. The predicted octanol–water partition coefficient (Wildman–Crippen LogP) is 6.61. The van der Waals surface area contributed by atoms with Crippen molar-refractivity contribution in [2.24, 2.45) is 0 Å². The first-order valence-corrected chi connectivity index (χ1v) is 12.2. The van der Waals surface area contributed by atoms with E-state index in [0.29, 0.717) is 30.8 Å². The maximum atomic E-state index is 13.3. The first kappa shape index (κ1) is 25.0. The van der Waals surface area contributed by atoms with E-state index in [1.807, 2.05) is 103 Å². The number of anilines is 1. The van der Waals surface area contributed by atoms with E-state index < -0.39 is 5.38 Å². The van der Waals surface area contributed by atoms with Crippen molar-refractivity contribution in [2.45, 2.75) is 11.8 Å². The topological polar surface area (TPSA) is 58.6 Å². The summed E-state index contributed by atoms with van der Waals surface area (Å²) in [5.41, 5.74) is 2.08. The largest absolute Gasteiger partial charge is 0.457 e. The van der Waals surface area contributed by atoms with Crippen molar-refractivity contribution < 1.29 is 14.3 Å². The van der Waals surface area contributed by atoms with Crippen molar-refractivity contribution in [1.29, 1.82) is 0 Å². The van der Waals surface area contributed by atoms with Gasteiger partial charge in [0.25, 0.3) is 5.91 Å². The van der Waals surface area contributed by atoms with Crippen molar-refractivity contribution in [3.8, 4) is 11.5 Å². The Bertz CT molecular complexity index is 1250. The molecule has 0 bridgehead atoms.